The van der Waals surface area contributed by atoms with Crippen LogP contribution in [-0.2, 0) is 4.79 Å². The zero-order chi connectivity index (χ0) is 20.8. The molecule has 0 unspecified atom stereocenters. The van der Waals surface area contributed by atoms with Crippen LogP contribution >= 0.6 is 11.3 Å². The first-order chi connectivity index (χ1) is 14.0. The minimum Gasteiger partial charge on any atom is -0.366 e. The Labute approximate surface area is 171 Å². The summed E-state index contributed by atoms with van der Waals surface area (Å²) in [4.78, 5) is 35.5. The van der Waals surface area contributed by atoms with Crippen molar-refractivity contribution in [1.29, 1.82) is 0 Å². The molecule has 0 aliphatic carbocycles. The summed E-state index contributed by atoms with van der Waals surface area (Å²) in [5.41, 5.74) is 13.9. The standard InChI is InChI=1S/C21H20N4O3S/c22-10-8-18(26)24-16-3-1-2-15(12-16)13-4-6-14(7-5-13)20(28)25-21-17(19(23)27)9-11-29-21/h1-7,9,11-12H,8,10,22H2,(H2,23,27)(H,24,26)(H,25,28). The van der Waals surface area contributed by atoms with Crippen LogP contribution in [0.5, 0.6) is 0 Å². The monoisotopic (exact) mass is 408 g/mol. The van der Waals surface area contributed by atoms with Gasteiger partial charge in [0.25, 0.3) is 11.8 Å². The number of nitrogens with one attached hydrogen (secondary N) is 2. The van der Waals surface area contributed by atoms with Gasteiger partial charge >= 0.3 is 0 Å². The van der Waals surface area contributed by atoms with Crippen molar-refractivity contribution in [3.05, 3.63) is 71.1 Å². The zero-order valence-corrected chi connectivity index (χ0v) is 16.3. The molecular formula is C21H20N4O3S. The molecule has 0 fully saturated rings. The van der Waals surface area contributed by atoms with E-state index in [1.54, 1.807) is 29.6 Å². The highest BCUT2D eigenvalue weighted by Crippen LogP contribution is 2.25. The minimum atomic E-state index is -0.588. The molecule has 0 atom stereocenters. The third kappa shape index (κ3) is 5.07. The molecule has 2 aromatic carbocycles. The smallest absolute Gasteiger partial charge is 0.256 e. The number of rotatable bonds is 7. The molecule has 1 heterocycles. The Kier molecular flexibility index (Phi) is 6.38. The predicted molar refractivity (Wildman–Crippen MR) is 115 cm³/mol. The molecule has 7 nitrogen and oxygen atoms in total. The highest BCUT2D eigenvalue weighted by Gasteiger charge is 2.14. The van der Waals surface area contributed by atoms with E-state index in [1.165, 1.54) is 11.3 Å². The third-order valence-corrected chi connectivity index (χ3v) is 4.99. The van der Waals surface area contributed by atoms with Crippen LogP contribution in [0.25, 0.3) is 11.1 Å². The first kappa shape index (κ1) is 20.2. The molecule has 0 aliphatic rings. The van der Waals surface area contributed by atoms with Crippen molar-refractivity contribution in [1.82, 2.24) is 0 Å². The van der Waals surface area contributed by atoms with Crippen molar-refractivity contribution in [3.63, 3.8) is 0 Å². The van der Waals surface area contributed by atoms with Gasteiger partial charge in [0.2, 0.25) is 5.91 Å². The van der Waals surface area contributed by atoms with Crippen molar-refractivity contribution in [2.45, 2.75) is 6.42 Å². The average Bonchev–Trinajstić information content (AvgIpc) is 3.17. The summed E-state index contributed by atoms with van der Waals surface area (Å²) in [6, 6.07) is 16.0. The molecule has 6 N–H and O–H groups in total. The van der Waals surface area contributed by atoms with Gasteiger partial charge in [0, 0.05) is 24.2 Å². The Hall–Kier alpha value is -3.49. The van der Waals surface area contributed by atoms with Crippen LogP contribution < -0.4 is 22.1 Å². The normalized spacial score (nSPS) is 10.4. The van der Waals surface area contributed by atoms with Crippen molar-refractivity contribution in [2.24, 2.45) is 11.5 Å². The molecule has 0 aliphatic heterocycles. The van der Waals surface area contributed by atoms with Gasteiger partial charge in [0.1, 0.15) is 5.00 Å². The summed E-state index contributed by atoms with van der Waals surface area (Å²) in [7, 11) is 0. The van der Waals surface area contributed by atoms with Gasteiger partial charge in [-0.2, -0.15) is 0 Å². The lowest BCUT2D eigenvalue weighted by Crippen LogP contribution is -2.16. The zero-order valence-electron chi connectivity index (χ0n) is 15.5. The van der Waals surface area contributed by atoms with Crippen LogP contribution in [-0.4, -0.2) is 24.3 Å². The maximum atomic E-state index is 12.5. The lowest BCUT2D eigenvalue weighted by Gasteiger charge is -2.09. The van der Waals surface area contributed by atoms with Crippen molar-refractivity contribution in [2.75, 3.05) is 17.2 Å². The highest BCUT2D eigenvalue weighted by atomic mass is 32.1. The van der Waals surface area contributed by atoms with Gasteiger partial charge in [0.15, 0.2) is 0 Å². The maximum absolute atomic E-state index is 12.5. The van der Waals surface area contributed by atoms with Crippen LogP contribution in [0.1, 0.15) is 27.1 Å². The molecule has 8 heteroatoms. The molecule has 3 amide bonds. The maximum Gasteiger partial charge on any atom is 0.256 e. The van der Waals surface area contributed by atoms with E-state index in [9.17, 15) is 14.4 Å². The third-order valence-electron chi connectivity index (χ3n) is 4.16. The summed E-state index contributed by atoms with van der Waals surface area (Å²) in [5.74, 6) is -1.06. The highest BCUT2D eigenvalue weighted by molar-refractivity contribution is 7.14. The van der Waals surface area contributed by atoms with E-state index in [-0.39, 0.29) is 23.8 Å². The fourth-order valence-electron chi connectivity index (χ4n) is 2.72. The summed E-state index contributed by atoms with van der Waals surface area (Å²) >= 11 is 1.24. The second-order valence-electron chi connectivity index (χ2n) is 6.23. The molecule has 148 valence electrons. The van der Waals surface area contributed by atoms with Crippen LogP contribution in [0, 0.1) is 0 Å². The van der Waals surface area contributed by atoms with E-state index in [0.717, 1.165) is 11.1 Å². The number of amides is 3. The SMILES string of the molecule is NCCC(=O)Nc1cccc(-c2ccc(C(=O)Nc3sccc3C(N)=O)cc2)c1. The Morgan fingerprint density at radius 1 is 0.931 bits per heavy atom. The number of nitrogens with two attached hydrogens (primary N) is 2. The molecule has 0 saturated carbocycles. The minimum absolute atomic E-state index is 0.138. The van der Waals surface area contributed by atoms with Gasteiger partial charge in [-0.3, -0.25) is 14.4 Å². The second kappa shape index (κ2) is 9.13. The molecule has 0 radical (unpaired) electrons. The first-order valence-electron chi connectivity index (χ1n) is 8.87. The lowest BCUT2D eigenvalue weighted by molar-refractivity contribution is -0.116. The van der Waals surface area contributed by atoms with Crippen molar-refractivity contribution >= 4 is 39.7 Å². The van der Waals surface area contributed by atoms with E-state index in [2.05, 4.69) is 10.6 Å². The van der Waals surface area contributed by atoms with E-state index in [1.807, 2.05) is 30.3 Å². The van der Waals surface area contributed by atoms with Crippen molar-refractivity contribution in [3.8, 4) is 11.1 Å². The summed E-state index contributed by atoms with van der Waals surface area (Å²) in [5, 5.41) is 7.63. The molecule has 3 aromatic rings. The van der Waals surface area contributed by atoms with E-state index >= 15 is 0 Å². The molecule has 0 spiro atoms. The molecule has 0 bridgehead atoms. The Morgan fingerprint density at radius 2 is 1.69 bits per heavy atom. The fraction of sp³-hybridized carbons (Fsp3) is 0.0952. The van der Waals surface area contributed by atoms with Crippen LogP contribution in [0.15, 0.2) is 60.0 Å². The van der Waals surface area contributed by atoms with E-state index in [0.29, 0.717) is 22.8 Å². The average molecular weight is 408 g/mol. The van der Waals surface area contributed by atoms with E-state index < -0.39 is 5.91 Å². The van der Waals surface area contributed by atoms with Gasteiger partial charge in [-0.05, 0) is 46.8 Å². The number of hydrogen-bond donors (Lipinski definition) is 4. The van der Waals surface area contributed by atoms with E-state index in [4.69, 9.17) is 11.5 Å². The largest absolute Gasteiger partial charge is 0.366 e. The van der Waals surface area contributed by atoms with Gasteiger partial charge in [-0.25, -0.2) is 0 Å². The van der Waals surface area contributed by atoms with Gasteiger partial charge < -0.3 is 22.1 Å². The van der Waals surface area contributed by atoms with Crippen LogP contribution in [0.4, 0.5) is 10.7 Å². The summed E-state index contributed by atoms with van der Waals surface area (Å²) < 4.78 is 0. The van der Waals surface area contributed by atoms with Crippen molar-refractivity contribution < 1.29 is 14.4 Å². The first-order valence-corrected chi connectivity index (χ1v) is 9.75. The number of carbonyl (C=O) groups is 3. The lowest BCUT2D eigenvalue weighted by atomic mass is 10.0. The van der Waals surface area contributed by atoms with Crippen LogP contribution in [0.2, 0.25) is 0 Å². The van der Waals surface area contributed by atoms with Gasteiger partial charge in [-0.1, -0.05) is 24.3 Å². The predicted octanol–water partition coefficient (Wildman–Crippen LogP) is 3.05. The Morgan fingerprint density at radius 3 is 2.38 bits per heavy atom. The van der Waals surface area contributed by atoms with Gasteiger partial charge in [0.05, 0.1) is 5.56 Å². The number of carbonyl (C=O) groups excluding carboxylic acids is 3. The molecular weight excluding hydrogens is 388 g/mol. The molecule has 0 saturated heterocycles. The quantitative estimate of drug-likeness (QED) is 0.479. The number of primary amides is 1. The van der Waals surface area contributed by atoms with Crippen LogP contribution in [0.3, 0.4) is 0 Å². The molecule has 3 rings (SSSR count). The molecule has 29 heavy (non-hydrogen) atoms. The number of anilines is 2. The Balaban J connectivity index is 1.73. The topological polar surface area (TPSA) is 127 Å². The number of hydrogen-bond acceptors (Lipinski definition) is 5. The Bertz CT molecular complexity index is 1040. The second-order valence-corrected chi connectivity index (χ2v) is 7.14. The number of benzene rings is 2. The van der Waals surface area contributed by atoms with Gasteiger partial charge in [-0.15, -0.1) is 11.3 Å². The molecule has 1 aromatic heterocycles. The summed E-state index contributed by atoms with van der Waals surface area (Å²) in [6.45, 7) is 0.293. The number of thiophene rings is 1. The summed E-state index contributed by atoms with van der Waals surface area (Å²) in [6.07, 6.45) is 0.260. The fourth-order valence-corrected chi connectivity index (χ4v) is 3.51.